The van der Waals surface area contributed by atoms with E-state index in [1.165, 1.54) is 5.56 Å². The summed E-state index contributed by atoms with van der Waals surface area (Å²) in [5.74, 6) is 1.14. The molecule has 0 spiro atoms. The fourth-order valence-electron chi connectivity index (χ4n) is 2.84. The van der Waals surface area contributed by atoms with Gasteiger partial charge in [-0.05, 0) is 44.0 Å². The molecule has 2 heterocycles. The van der Waals surface area contributed by atoms with E-state index in [9.17, 15) is 4.79 Å². The van der Waals surface area contributed by atoms with Crippen LogP contribution < -0.4 is 10.2 Å². The Hall–Kier alpha value is -1.35. The van der Waals surface area contributed by atoms with E-state index in [-0.39, 0.29) is 5.92 Å². The van der Waals surface area contributed by atoms with Gasteiger partial charge in [-0.1, -0.05) is 18.2 Å². The number of para-hydroxylation sites is 1. The Bertz CT molecular complexity index is 440. The minimum Gasteiger partial charge on any atom is -0.316 e. The van der Waals surface area contributed by atoms with Gasteiger partial charge in [-0.3, -0.25) is 4.79 Å². The molecule has 3 heteroatoms. The first kappa shape index (κ1) is 10.8. The summed E-state index contributed by atoms with van der Waals surface area (Å²) in [6.45, 7) is 4.97. The van der Waals surface area contributed by atoms with Gasteiger partial charge in [0.25, 0.3) is 0 Å². The van der Waals surface area contributed by atoms with Gasteiger partial charge in [0.05, 0.1) is 0 Å². The van der Waals surface area contributed by atoms with Gasteiger partial charge in [-0.2, -0.15) is 0 Å². The normalized spacial score (nSPS) is 25.1. The molecule has 2 saturated heterocycles. The summed E-state index contributed by atoms with van der Waals surface area (Å²) < 4.78 is 0. The summed E-state index contributed by atoms with van der Waals surface area (Å²) in [4.78, 5) is 14.4. The molecule has 1 aromatic rings. The maximum absolute atomic E-state index is 12.4. The summed E-state index contributed by atoms with van der Waals surface area (Å²) in [6.07, 6.45) is 1.01. The molecule has 17 heavy (non-hydrogen) atoms. The van der Waals surface area contributed by atoms with Gasteiger partial charge < -0.3 is 10.2 Å². The van der Waals surface area contributed by atoms with Gasteiger partial charge in [0.2, 0.25) is 5.91 Å². The molecular weight excluding hydrogens is 212 g/mol. The standard InChI is InChI=1S/C14H18N2O/c1-10-4-2-3-5-13(10)16-7-6-12(14(16)17)11-8-15-9-11/h2-5,11-12,15H,6-9H2,1H3. The van der Waals surface area contributed by atoms with Crippen LogP contribution in [-0.4, -0.2) is 25.5 Å². The zero-order valence-electron chi connectivity index (χ0n) is 10.1. The number of carbonyl (C=O) groups is 1. The molecule has 1 N–H and O–H groups in total. The molecule has 0 aromatic heterocycles. The van der Waals surface area contributed by atoms with E-state index in [4.69, 9.17) is 0 Å². The largest absolute Gasteiger partial charge is 0.316 e. The fraction of sp³-hybridized carbons (Fsp3) is 0.500. The third-order valence-electron chi connectivity index (χ3n) is 4.04. The maximum atomic E-state index is 12.4. The van der Waals surface area contributed by atoms with Crippen molar-refractivity contribution in [3.05, 3.63) is 29.8 Å². The number of hydrogen-bond acceptors (Lipinski definition) is 2. The molecule has 0 bridgehead atoms. The highest BCUT2D eigenvalue weighted by atomic mass is 16.2. The molecule has 0 saturated carbocycles. The van der Waals surface area contributed by atoms with E-state index in [1.807, 2.05) is 17.0 Å². The van der Waals surface area contributed by atoms with Crippen LogP contribution in [0.4, 0.5) is 5.69 Å². The summed E-state index contributed by atoms with van der Waals surface area (Å²) in [6, 6.07) is 8.15. The second-order valence-electron chi connectivity index (χ2n) is 5.09. The third kappa shape index (κ3) is 1.75. The Morgan fingerprint density at radius 1 is 1.29 bits per heavy atom. The van der Waals surface area contributed by atoms with E-state index in [0.717, 1.165) is 31.7 Å². The second-order valence-corrected chi connectivity index (χ2v) is 5.09. The monoisotopic (exact) mass is 230 g/mol. The fourth-order valence-corrected chi connectivity index (χ4v) is 2.84. The lowest BCUT2D eigenvalue weighted by molar-refractivity contribution is -0.122. The van der Waals surface area contributed by atoms with Crippen molar-refractivity contribution in [3.63, 3.8) is 0 Å². The Kier molecular flexibility index (Phi) is 2.63. The summed E-state index contributed by atoms with van der Waals surface area (Å²) in [7, 11) is 0. The highest BCUT2D eigenvalue weighted by Crippen LogP contribution is 2.32. The number of aryl methyl sites for hydroxylation is 1. The Balaban J connectivity index is 1.82. The SMILES string of the molecule is Cc1ccccc1N1CCC(C2CNC2)C1=O. The number of nitrogens with zero attached hydrogens (tertiary/aromatic N) is 1. The van der Waals surface area contributed by atoms with Gasteiger partial charge in [-0.15, -0.1) is 0 Å². The van der Waals surface area contributed by atoms with E-state index in [0.29, 0.717) is 11.8 Å². The van der Waals surface area contributed by atoms with E-state index >= 15 is 0 Å². The van der Waals surface area contributed by atoms with Gasteiger partial charge in [0.15, 0.2) is 0 Å². The van der Waals surface area contributed by atoms with Crippen molar-refractivity contribution in [1.29, 1.82) is 0 Å². The van der Waals surface area contributed by atoms with Crippen molar-refractivity contribution in [3.8, 4) is 0 Å². The van der Waals surface area contributed by atoms with Crippen LogP contribution >= 0.6 is 0 Å². The van der Waals surface area contributed by atoms with Gasteiger partial charge in [-0.25, -0.2) is 0 Å². The minimum atomic E-state index is 0.246. The first-order valence-corrected chi connectivity index (χ1v) is 6.35. The van der Waals surface area contributed by atoms with Crippen LogP contribution in [0.1, 0.15) is 12.0 Å². The van der Waals surface area contributed by atoms with Crippen molar-refractivity contribution in [2.24, 2.45) is 11.8 Å². The molecule has 1 unspecified atom stereocenters. The average Bonchev–Trinajstić information content (AvgIpc) is 2.60. The van der Waals surface area contributed by atoms with Crippen LogP contribution in [0.2, 0.25) is 0 Å². The Morgan fingerprint density at radius 2 is 2.06 bits per heavy atom. The van der Waals surface area contributed by atoms with Crippen molar-refractivity contribution in [2.75, 3.05) is 24.5 Å². The van der Waals surface area contributed by atoms with Crippen LogP contribution in [-0.2, 0) is 4.79 Å². The Morgan fingerprint density at radius 3 is 2.71 bits per heavy atom. The first-order valence-electron chi connectivity index (χ1n) is 6.35. The molecule has 90 valence electrons. The number of amides is 1. The average molecular weight is 230 g/mol. The number of carbonyl (C=O) groups excluding carboxylic acids is 1. The predicted octanol–water partition coefficient (Wildman–Crippen LogP) is 1.57. The Labute approximate surface area is 102 Å². The lowest BCUT2D eigenvalue weighted by atomic mass is 9.86. The molecule has 2 fully saturated rings. The topological polar surface area (TPSA) is 32.3 Å². The molecule has 2 aliphatic rings. The zero-order valence-corrected chi connectivity index (χ0v) is 10.1. The number of hydrogen-bond donors (Lipinski definition) is 1. The number of nitrogens with one attached hydrogen (secondary N) is 1. The number of benzene rings is 1. The molecule has 1 aromatic carbocycles. The van der Waals surface area contributed by atoms with Crippen molar-refractivity contribution >= 4 is 11.6 Å². The molecule has 0 aliphatic carbocycles. The second kappa shape index (κ2) is 4.15. The van der Waals surface area contributed by atoms with Gasteiger partial charge >= 0.3 is 0 Å². The van der Waals surface area contributed by atoms with E-state index in [2.05, 4.69) is 24.4 Å². The number of rotatable bonds is 2. The molecular formula is C14H18N2O. The first-order chi connectivity index (χ1) is 8.27. The molecule has 1 atom stereocenters. The molecule has 0 radical (unpaired) electrons. The summed E-state index contributed by atoms with van der Waals surface area (Å²) in [5, 5.41) is 3.25. The quantitative estimate of drug-likeness (QED) is 0.836. The van der Waals surface area contributed by atoms with Crippen LogP contribution in [0.5, 0.6) is 0 Å². The van der Waals surface area contributed by atoms with Crippen molar-refractivity contribution in [2.45, 2.75) is 13.3 Å². The highest BCUT2D eigenvalue weighted by Gasteiger charge is 2.40. The van der Waals surface area contributed by atoms with Crippen molar-refractivity contribution in [1.82, 2.24) is 5.32 Å². The van der Waals surface area contributed by atoms with E-state index in [1.54, 1.807) is 0 Å². The molecule has 2 aliphatic heterocycles. The molecule has 1 amide bonds. The third-order valence-corrected chi connectivity index (χ3v) is 4.04. The lowest BCUT2D eigenvalue weighted by Gasteiger charge is -2.31. The van der Waals surface area contributed by atoms with Crippen LogP contribution in [0, 0.1) is 18.8 Å². The van der Waals surface area contributed by atoms with Crippen LogP contribution in [0.25, 0.3) is 0 Å². The zero-order chi connectivity index (χ0) is 11.8. The lowest BCUT2D eigenvalue weighted by Crippen LogP contribution is -2.48. The molecule has 3 nitrogen and oxygen atoms in total. The maximum Gasteiger partial charge on any atom is 0.230 e. The van der Waals surface area contributed by atoms with Crippen molar-refractivity contribution < 1.29 is 4.79 Å². The minimum absolute atomic E-state index is 0.246. The van der Waals surface area contributed by atoms with Gasteiger partial charge in [0.1, 0.15) is 0 Å². The highest BCUT2D eigenvalue weighted by molar-refractivity contribution is 5.98. The van der Waals surface area contributed by atoms with Crippen LogP contribution in [0.15, 0.2) is 24.3 Å². The molecule has 3 rings (SSSR count). The summed E-state index contributed by atoms with van der Waals surface area (Å²) >= 11 is 0. The summed E-state index contributed by atoms with van der Waals surface area (Å²) in [5.41, 5.74) is 2.28. The smallest absolute Gasteiger partial charge is 0.230 e. The van der Waals surface area contributed by atoms with Gasteiger partial charge in [0, 0.05) is 18.2 Å². The van der Waals surface area contributed by atoms with E-state index < -0.39 is 0 Å². The predicted molar refractivity (Wildman–Crippen MR) is 68.0 cm³/mol. The number of anilines is 1. The van der Waals surface area contributed by atoms with Crippen LogP contribution in [0.3, 0.4) is 0 Å².